The van der Waals surface area contributed by atoms with Crippen molar-refractivity contribution in [2.75, 3.05) is 13.6 Å². The number of pyridine rings is 3. The predicted octanol–water partition coefficient (Wildman–Crippen LogP) is 4.39. The molecule has 5 heterocycles. The van der Waals surface area contributed by atoms with Gasteiger partial charge in [-0.3, -0.25) is 19.6 Å². The average molecular weight is 502 g/mol. The third kappa shape index (κ3) is 4.79. The van der Waals surface area contributed by atoms with Crippen molar-refractivity contribution in [1.82, 2.24) is 45.0 Å². The molecule has 0 aliphatic rings. The van der Waals surface area contributed by atoms with Gasteiger partial charge in [-0.05, 0) is 55.9 Å². The molecule has 0 saturated heterocycles. The Bertz CT molecular complexity index is 1700. The molecule has 0 amide bonds. The highest BCUT2D eigenvalue weighted by molar-refractivity contribution is 5.89. The van der Waals surface area contributed by atoms with Gasteiger partial charge < -0.3 is 5.32 Å². The van der Waals surface area contributed by atoms with Crippen molar-refractivity contribution in [1.29, 1.82) is 0 Å². The summed E-state index contributed by atoms with van der Waals surface area (Å²) in [6.45, 7) is 4.20. The quantitative estimate of drug-likeness (QED) is 0.330. The van der Waals surface area contributed by atoms with Crippen LogP contribution in [0, 0.1) is 6.92 Å². The molecule has 0 aliphatic carbocycles. The highest BCUT2D eigenvalue weighted by Crippen LogP contribution is 2.32. The van der Waals surface area contributed by atoms with Gasteiger partial charge in [0.05, 0.1) is 36.2 Å². The monoisotopic (exact) mass is 501 g/mol. The Hall–Kier alpha value is -4.76. The first-order valence-electron chi connectivity index (χ1n) is 12.5. The summed E-state index contributed by atoms with van der Waals surface area (Å²) in [4.78, 5) is 13.7. The van der Waals surface area contributed by atoms with Crippen LogP contribution in [0.5, 0.6) is 0 Å². The molecule has 0 spiro atoms. The van der Waals surface area contributed by atoms with Crippen molar-refractivity contribution in [3.05, 3.63) is 96.8 Å². The molecule has 1 N–H and O–H groups in total. The molecule has 0 aliphatic heterocycles. The lowest BCUT2D eigenvalue weighted by Crippen LogP contribution is -2.14. The van der Waals surface area contributed by atoms with Crippen LogP contribution in [0.15, 0.2) is 85.6 Å². The molecule has 0 fully saturated rings. The van der Waals surface area contributed by atoms with E-state index < -0.39 is 0 Å². The van der Waals surface area contributed by atoms with Crippen LogP contribution in [-0.4, -0.2) is 53.3 Å². The summed E-state index contributed by atoms with van der Waals surface area (Å²) in [6, 6.07) is 18.3. The van der Waals surface area contributed by atoms with Gasteiger partial charge in [-0.2, -0.15) is 5.10 Å². The van der Waals surface area contributed by atoms with Gasteiger partial charge in [0.25, 0.3) is 0 Å². The summed E-state index contributed by atoms with van der Waals surface area (Å²) in [5.74, 6) is 0. The number of aromatic nitrogens is 8. The van der Waals surface area contributed by atoms with E-state index in [9.17, 15) is 0 Å². The van der Waals surface area contributed by atoms with Gasteiger partial charge in [-0.25, -0.2) is 4.68 Å². The Morgan fingerprint density at radius 2 is 1.84 bits per heavy atom. The van der Waals surface area contributed by atoms with Crippen LogP contribution in [0.4, 0.5) is 0 Å². The number of benzene rings is 1. The molecule has 0 atom stereocenters. The second-order valence-corrected chi connectivity index (χ2v) is 9.20. The molecular weight excluding hydrogens is 474 g/mol. The number of rotatable bonds is 8. The van der Waals surface area contributed by atoms with E-state index in [4.69, 9.17) is 9.97 Å². The molecule has 0 bridgehead atoms. The molecule has 188 valence electrons. The van der Waals surface area contributed by atoms with Gasteiger partial charge in [0.2, 0.25) is 0 Å². The fraction of sp³-hybridized carbons (Fsp3) is 0.172. The molecule has 1 aromatic carbocycles. The zero-order valence-corrected chi connectivity index (χ0v) is 21.3. The van der Waals surface area contributed by atoms with Gasteiger partial charge >= 0.3 is 0 Å². The van der Waals surface area contributed by atoms with E-state index in [0.717, 1.165) is 69.0 Å². The number of nitrogens with one attached hydrogen (secondary N) is 1. The van der Waals surface area contributed by atoms with Gasteiger partial charge in [-0.15, -0.1) is 5.10 Å². The zero-order chi connectivity index (χ0) is 25.9. The van der Waals surface area contributed by atoms with E-state index in [0.29, 0.717) is 6.54 Å². The number of hydrogen-bond acceptors (Lipinski definition) is 7. The van der Waals surface area contributed by atoms with Crippen molar-refractivity contribution in [3.8, 4) is 33.8 Å². The summed E-state index contributed by atoms with van der Waals surface area (Å²) in [6.07, 6.45) is 9.46. The van der Waals surface area contributed by atoms with E-state index in [2.05, 4.69) is 50.1 Å². The summed E-state index contributed by atoms with van der Waals surface area (Å²) in [7, 11) is 1.94. The Labute approximate surface area is 220 Å². The molecule has 5 aromatic heterocycles. The molecule has 0 radical (unpaired) electrons. The SMILES string of the molecule is CNCCn1cc(-c2cnc3ccc(-c4c(-c5cccc(C)n5)nnn4Cc4cccnc4)cc3c2)cn1. The largest absolute Gasteiger partial charge is 0.318 e. The maximum atomic E-state index is 4.74. The number of hydrogen-bond donors (Lipinski definition) is 1. The minimum absolute atomic E-state index is 0.546. The fourth-order valence-corrected chi connectivity index (χ4v) is 4.52. The predicted molar refractivity (Wildman–Crippen MR) is 147 cm³/mol. The van der Waals surface area contributed by atoms with Gasteiger partial charge in [0, 0.05) is 59.1 Å². The van der Waals surface area contributed by atoms with E-state index >= 15 is 0 Å². The molecule has 6 aromatic rings. The van der Waals surface area contributed by atoms with Crippen molar-refractivity contribution in [2.24, 2.45) is 0 Å². The summed E-state index contributed by atoms with van der Waals surface area (Å²) < 4.78 is 3.86. The first kappa shape index (κ1) is 23.6. The highest BCUT2D eigenvalue weighted by atomic mass is 15.4. The highest BCUT2D eigenvalue weighted by Gasteiger charge is 2.19. The average Bonchev–Trinajstić information content (AvgIpc) is 3.59. The number of aryl methyl sites for hydroxylation is 1. The van der Waals surface area contributed by atoms with Crippen LogP contribution in [0.2, 0.25) is 0 Å². The molecule has 0 unspecified atom stereocenters. The topological polar surface area (TPSA) is 99.2 Å². The van der Waals surface area contributed by atoms with Crippen LogP contribution < -0.4 is 5.32 Å². The van der Waals surface area contributed by atoms with Crippen LogP contribution in [0.3, 0.4) is 0 Å². The van der Waals surface area contributed by atoms with E-state index in [-0.39, 0.29) is 0 Å². The van der Waals surface area contributed by atoms with Crippen LogP contribution in [-0.2, 0) is 13.1 Å². The van der Waals surface area contributed by atoms with Crippen LogP contribution >= 0.6 is 0 Å². The third-order valence-corrected chi connectivity index (χ3v) is 6.43. The van der Waals surface area contributed by atoms with E-state index in [1.165, 1.54) is 0 Å². The van der Waals surface area contributed by atoms with Crippen molar-refractivity contribution < 1.29 is 0 Å². The van der Waals surface area contributed by atoms with Crippen LogP contribution in [0.25, 0.3) is 44.7 Å². The minimum atomic E-state index is 0.546. The standard InChI is InChI=1S/C29H27N9/c1-20-5-3-7-27(34-20)28-29(38(36-35-28)18-21-6-4-10-31-15-21)22-8-9-26-23(13-22)14-24(16-32-26)25-17-33-37(19-25)12-11-30-2/h3-10,13-17,19,30H,11-12,18H2,1-2H3. The Morgan fingerprint density at radius 3 is 2.68 bits per heavy atom. The van der Waals surface area contributed by atoms with Gasteiger partial charge in [0.1, 0.15) is 5.69 Å². The smallest absolute Gasteiger partial charge is 0.139 e. The number of fused-ring (bicyclic) bond motifs is 1. The number of nitrogens with zero attached hydrogens (tertiary/aromatic N) is 8. The lowest BCUT2D eigenvalue weighted by atomic mass is 10.0. The fourth-order valence-electron chi connectivity index (χ4n) is 4.52. The van der Waals surface area contributed by atoms with Crippen molar-refractivity contribution in [3.63, 3.8) is 0 Å². The summed E-state index contributed by atoms with van der Waals surface area (Å²) in [5.41, 5.74) is 8.38. The van der Waals surface area contributed by atoms with Crippen molar-refractivity contribution >= 4 is 10.9 Å². The third-order valence-electron chi connectivity index (χ3n) is 6.43. The molecule has 9 nitrogen and oxygen atoms in total. The normalized spacial score (nSPS) is 11.3. The Morgan fingerprint density at radius 1 is 0.921 bits per heavy atom. The summed E-state index contributed by atoms with van der Waals surface area (Å²) in [5, 5.41) is 17.8. The lowest BCUT2D eigenvalue weighted by molar-refractivity contribution is 0.585. The maximum absolute atomic E-state index is 4.74. The Balaban J connectivity index is 1.44. The maximum Gasteiger partial charge on any atom is 0.139 e. The molecule has 0 saturated carbocycles. The minimum Gasteiger partial charge on any atom is -0.318 e. The first-order valence-corrected chi connectivity index (χ1v) is 12.5. The van der Waals surface area contributed by atoms with Gasteiger partial charge in [0.15, 0.2) is 0 Å². The van der Waals surface area contributed by atoms with Gasteiger partial charge in [-0.1, -0.05) is 23.4 Å². The van der Waals surface area contributed by atoms with Crippen molar-refractivity contribution in [2.45, 2.75) is 20.0 Å². The molecule has 38 heavy (non-hydrogen) atoms. The molecule has 6 rings (SSSR count). The molecular formula is C29H27N9. The Kier molecular flexibility index (Phi) is 6.41. The van der Waals surface area contributed by atoms with Crippen LogP contribution in [0.1, 0.15) is 11.3 Å². The van der Waals surface area contributed by atoms with E-state index in [1.54, 1.807) is 6.20 Å². The zero-order valence-electron chi connectivity index (χ0n) is 21.3. The summed E-state index contributed by atoms with van der Waals surface area (Å²) >= 11 is 0. The number of likely N-dealkylation sites (N-methyl/N-ethyl adjacent to an activating group) is 1. The second kappa shape index (κ2) is 10.3. The first-order chi connectivity index (χ1) is 18.7. The van der Waals surface area contributed by atoms with E-state index in [1.807, 2.05) is 78.3 Å². The molecule has 9 heteroatoms. The lowest BCUT2D eigenvalue weighted by Gasteiger charge is -2.10. The second-order valence-electron chi connectivity index (χ2n) is 9.20.